The second-order valence-electron chi connectivity index (χ2n) is 8.20. The summed E-state index contributed by atoms with van der Waals surface area (Å²) >= 11 is 6.16. The van der Waals surface area contributed by atoms with Gasteiger partial charge >= 0.3 is 5.97 Å². The first kappa shape index (κ1) is 24.0. The van der Waals surface area contributed by atoms with E-state index in [1.54, 1.807) is 13.8 Å². The summed E-state index contributed by atoms with van der Waals surface area (Å²) in [4.78, 5) is 24.3. The molecule has 0 radical (unpaired) electrons. The Labute approximate surface area is 188 Å². The van der Waals surface area contributed by atoms with E-state index in [4.69, 9.17) is 21.1 Å². The Morgan fingerprint density at radius 1 is 1.16 bits per heavy atom. The van der Waals surface area contributed by atoms with Crippen LogP contribution in [-0.2, 0) is 24.3 Å². The average molecular weight is 473 g/mol. The lowest BCUT2D eigenvalue weighted by molar-refractivity contribution is -0.125. The highest BCUT2D eigenvalue weighted by Crippen LogP contribution is 2.28. The lowest BCUT2D eigenvalue weighted by Gasteiger charge is -2.34. The van der Waals surface area contributed by atoms with Gasteiger partial charge in [0.05, 0.1) is 22.8 Å². The Bertz CT molecular complexity index is 906. The maximum atomic E-state index is 13.1. The number of nitrogens with zero attached hydrogens (tertiary/aromatic N) is 1. The number of carbonyl (C=O) groups excluding carboxylic acids is 2. The van der Waals surface area contributed by atoms with Gasteiger partial charge in [-0.2, -0.15) is 4.31 Å². The number of carbonyl (C=O) groups is 2. The molecule has 10 heteroatoms. The first-order chi connectivity index (χ1) is 14.7. The Hall–Kier alpha value is -1.68. The smallest absolute Gasteiger partial charge is 0.338 e. The molecule has 2 fully saturated rings. The number of hydrogen-bond donors (Lipinski definition) is 1. The number of ether oxygens (including phenoxy) is 2. The van der Waals surface area contributed by atoms with Crippen LogP contribution in [0.1, 0.15) is 56.3 Å². The minimum atomic E-state index is -3.93. The number of benzene rings is 1. The molecule has 1 aliphatic carbocycles. The number of nitrogens with one attached hydrogen (secondary N) is 1. The van der Waals surface area contributed by atoms with Crippen molar-refractivity contribution in [1.82, 2.24) is 9.62 Å². The predicted molar refractivity (Wildman–Crippen MR) is 116 cm³/mol. The Morgan fingerprint density at radius 3 is 2.45 bits per heavy atom. The molecule has 1 amide bonds. The zero-order valence-electron chi connectivity index (χ0n) is 17.8. The van der Waals surface area contributed by atoms with E-state index < -0.39 is 22.6 Å². The molecule has 172 valence electrons. The van der Waals surface area contributed by atoms with Crippen molar-refractivity contribution in [3.63, 3.8) is 0 Å². The van der Waals surface area contributed by atoms with E-state index in [2.05, 4.69) is 5.32 Å². The summed E-state index contributed by atoms with van der Waals surface area (Å²) in [6.07, 6.45) is 4.67. The maximum absolute atomic E-state index is 13.1. The number of hydrogen-bond acceptors (Lipinski definition) is 6. The predicted octanol–water partition coefficient (Wildman–Crippen LogP) is 2.74. The van der Waals surface area contributed by atoms with E-state index in [1.165, 1.54) is 28.9 Å². The molecule has 1 N–H and O–H groups in total. The second kappa shape index (κ2) is 10.3. The minimum absolute atomic E-state index is 0.0124. The molecule has 1 saturated heterocycles. The van der Waals surface area contributed by atoms with E-state index in [0.29, 0.717) is 0 Å². The van der Waals surface area contributed by atoms with E-state index in [9.17, 15) is 18.0 Å². The van der Waals surface area contributed by atoms with Crippen LogP contribution >= 0.6 is 11.6 Å². The minimum Gasteiger partial charge on any atom is -0.452 e. The van der Waals surface area contributed by atoms with Crippen molar-refractivity contribution in [2.24, 2.45) is 0 Å². The topological polar surface area (TPSA) is 102 Å². The van der Waals surface area contributed by atoms with Gasteiger partial charge in [0.1, 0.15) is 4.90 Å². The fraction of sp³-hybridized carbons (Fsp3) is 0.619. The van der Waals surface area contributed by atoms with Gasteiger partial charge in [0.2, 0.25) is 10.0 Å². The van der Waals surface area contributed by atoms with Crippen molar-refractivity contribution >= 4 is 33.5 Å². The van der Waals surface area contributed by atoms with Crippen LogP contribution in [0.15, 0.2) is 23.1 Å². The van der Waals surface area contributed by atoms with E-state index >= 15 is 0 Å². The molecule has 1 saturated carbocycles. The van der Waals surface area contributed by atoms with Crippen molar-refractivity contribution in [1.29, 1.82) is 0 Å². The third kappa shape index (κ3) is 6.19. The number of rotatable bonds is 6. The van der Waals surface area contributed by atoms with Gasteiger partial charge in [-0.05, 0) is 44.9 Å². The molecule has 1 heterocycles. The van der Waals surface area contributed by atoms with Crippen molar-refractivity contribution in [2.75, 3.05) is 19.7 Å². The SMILES string of the molecule is C[C@@H]1CN(S(=O)(=O)c2cc(C(=O)OCC(=O)NC3CCCCC3)ccc2Cl)C[C@H](C)O1. The summed E-state index contributed by atoms with van der Waals surface area (Å²) in [6.45, 7) is 3.56. The fourth-order valence-corrected chi connectivity index (χ4v) is 6.12. The molecule has 2 atom stereocenters. The van der Waals surface area contributed by atoms with E-state index in [-0.39, 0.29) is 52.7 Å². The third-order valence-electron chi connectivity index (χ3n) is 5.48. The Morgan fingerprint density at radius 2 is 1.81 bits per heavy atom. The highest BCUT2D eigenvalue weighted by Gasteiger charge is 2.34. The summed E-state index contributed by atoms with van der Waals surface area (Å²) < 4.78 is 38.3. The van der Waals surface area contributed by atoms with Crippen LogP contribution in [0.3, 0.4) is 0 Å². The van der Waals surface area contributed by atoms with Gasteiger partial charge in [0.25, 0.3) is 5.91 Å². The van der Waals surface area contributed by atoms with Crippen molar-refractivity contribution in [2.45, 2.75) is 69.1 Å². The molecule has 1 aromatic rings. The molecule has 1 aromatic carbocycles. The van der Waals surface area contributed by atoms with Gasteiger partial charge in [0, 0.05) is 19.1 Å². The highest BCUT2D eigenvalue weighted by molar-refractivity contribution is 7.89. The summed E-state index contributed by atoms with van der Waals surface area (Å²) in [6, 6.07) is 4.04. The van der Waals surface area contributed by atoms with E-state index in [1.807, 2.05) is 0 Å². The van der Waals surface area contributed by atoms with Crippen LogP contribution in [0.25, 0.3) is 0 Å². The average Bonchev–Trinajstić information content (AvgIpc) is 2.72. The van der Waals surface area contributed by atoms with Crippen LogP contribution in [-0.4, -0.2) is 62.5 Å². The molecular weight excluding hydrogens is 444 g/mol. The zero-order valence-corrected chi connectivity index (χ0v) is 19.4. The molecule has 0 unspecified atom stereocenters. The van der Waals surface area contributed by atoms with Gasteiger partial charge in [-0.15, -0.1) is 0 Å². The summed E-state index contributed by atoms with van der Waals surface area (Å²) in [5.41, 5.74) is 0.0165. The van der Waals surface area contributed by atoms with E-state index in [0.717, 1.165) is 25.7 Å². The Balaban J connectivity index is 1.66. The maximum Gasteiger partial charge on any atom is 0.338 e. The molecule has 0 spiro atoms. The summed E-state index contributed by atoms with van der Waals surface area (Å²) in [5, 5.41) is 2.88. The summed E-state index contributed by atoms with van der Waals surface area (Å²) in [5.74, 6) is -1.14. The van der Waals surface area contributed by atoms with Crippen LogP contribution < -0.4 is 5.32 Å². The molecule has 31 heavy (non-hydrogen) atoms. The van der Waals surface area contributed by atoms with Crippen molar-refractivity contribution in [3.05, 3.63) is 28.8 Å². The van der Waals surface area contributed by atoms with Gasteiger partial charge in [-0.25, -0.2) is 13.2 Å². The number of halogens is 1. The monoisotopic (exact) mass is 472 g/mol. The molecule has 8 nitrogen and oxygen atoms in total. The van der Waals surface area contributed by atoms with Gasteiger partial charge < -0.3 is 14.8 Å². The summed E-state index contributed by atoms with van der Waals surface area (Å²) in [7, 11) is -3.93. The number of esters is 1. The van der Waals surface area contributed by atoms with Crippen molar-refractivity contribution < 1.29 is 27.5 Å². The fourth-order valence-electron chi connectivity index (χ4n) is 4.02. The third-order valence-corrected chi connectivity index (χ3v) is 7.79. The first-order valence-corrected chi connectivity index (χ1v) is 12.4. The molecule has 0 aromatic heterocycles. The largest absolute Gasteiger partial charge is 0.452 e. The Kier molecular flexibility index (Phi) is 7.96. The first-order valence-electron chi connectivity index (χ1n) is 10.6. The number of sulfonamides is 1. The molecule has 3 rings (SSSR count). The lowest BCUT2D eigenvalue weighted by Crippen LogP contribution is -2.48. The van der Waals surface area contributed by atoms with Gasteiger partial charge in [0.15, 0.2) is 6.61 Å². The number of amides is 1. The normalized spacial score (nSPS) is 23.3. The van der Waals surface area contributed by atoms with Crippen LogP contribution in [0.5, 0.6) is 0 Å². The molecule has 0 bridgehead atoms. The molecular formula is C21H29ClN2O6S. The quantitative estimate of drug-likeness (QED) is 0.639. The van der Waals surface area contributed by atoms with Crippen LogP contribution in [0.4, 0.5) is 0 Å². The van der Waals surface area contributed by atoms with Crippen LogP contribution in [0, 0.1) is 0 Å². The molecule has 1 aliphatic heterocycles. The second-order valence-corrected chi connectivity index (χ2v) is 10.5. The zero-order chi connectivity index (χ0) is 22.6. The van der Waals surface area contributed by atoms with Gasteiger partial charge in [-0.3, -0.25) is 4.79 Å². The lowest BCUT2D eigenvalue weighted by atomic mass is 9.95. The molecule has 2 aliphatic rings. The van der Waals surface area contributed by atoms with Gasteiger partial charge in [-0.1, -0.05) is 30.9 Å². The van der Waals surface area contributed by atoms with Crippen molar-refractivity contribution in [3.8, 4) is 0 Å². The highest BCUT2D eigenvalue weighted by atomic mass is 35.5. The standard InChI is InChI=1S/C21H29ClN2O6S/c1-14-11-24(12-15(2)30-14)31(27,28)19-10-16(8-9-18(19)22)21(26)29-13-20(25)23-17-6-4-3-5-7-17/h8-10,14-15,17H,3-7,11-13H2,1-2H3,(H,23,25)/t14-,15+. The number of morpholine rings is 1. The van der Waals surface area contributed by atoms with Crippen LogP contribution in [0.2, 0.25) is 5.02 Å².